The van der Waals surface area contributed by atoms with Crippen molar-refractivity contribution < 1.29 is 33.4 Å². The van der Waals surface area contributed by atoms with E-state index in [0.29, 0.717) is 42.4 Å². The first-order valence-corrected chi connectivity index (χ1v) is 25.1. The number of amides is 5. The monoisotopic (exact) mass is 984 g/mol. The highest BCUT2D eigenvalue weighted by Gasteiger charge is 2.46. The highest BCUT2D eigenvalue weighted by molar-refractivity contribution is 6.31. The minimum Gasteiger partial charge on any atom is -0.487 e. The molecule has 0 aliphatic carbocycles. The fourth-order valence-electron chi connectivity index (χ4n) is 10.6. The first-order chi connectivity index (χ1) is 34.3. The minimum absolute atomic E-state index is 0.0256. The Hall–Kier alpha value is -6.29. The number of fused-ring (bicyclic) bond motifs is 1. The van der Waals surface area contributed by atoms with Gasteiger partial charge in [-0.05, 0) is 118 Å². The molecule has 5 aliphatic rings. The molecule has 6 heterocycles. The maximum absolute atomic E-state index is 13.4. The quantitative estimate of drug-likeness (QED) is 0.0768. The van der Waals surface area contributed by atoms with Crippen LogP contribution in [0, 0.1) is 12.5 Å². The number of imide groups is 2. The topological polar surface area (TPSA) is 174 Å². The molecule has 2 N–H and O–H groups in total. The Morgan fingerprint density at radius 2 is 1.62 bits per heavy atom. The first-order valence-electron chi connectivity index (χ1n) is 24.7. The third kappa shape index (κ3) is 11.6. The Morgan fingerprint density at radius 1 is 0.873 bits per heavy atom. The molecule has 71 heavy (non-hydrogen) atoms. The number of aromatic nitrogens is 2. The van der Waals surface area contributed by atoms with E-state index in [1.54, 1.807) is 18.2 Å². The molecule has 0 bridgehead atoms. The van der Waals surface area contributed by atoms with Crippen molar-refractivity contribution >= 4 is 58.5 Å². The van der Waals surface area contributed by atoms with Crippen molar-refractivity contribution in [2.45, 2.75) is 76.5 Å². The number of carbonyl (C=O) groups is 5. The number of halogens is 1. The predicted octanol–water partition coefficient (Wildman–Crippen LogP) is 5.94. The number of hydrogen-bond donors (Lipinski definition) is 2. The molecule has 4 fully saturated rings. The molecule has 372 valence electrons. The zero-order chi connectivity index (χ0) is 49.6. The number of carbonyl (C=O) groups excluding carboxylic acids is 5. The van der Waals surface area contributed by atoms with Crippen molar-refractivity contribution in [3.05, 3.63) is 117 Å². The number of nitrogens with one attached hydrogen (secondary N) is 2. The average Bonchev–Trinajstić information content (AvgIpc) is 3.64. The van der Waals surface area contributed by atoms with E-state index in [1.807, 2.05) is 36.5 Å². The molecule has 1 atom stereocenters. The van der Waals surface area contributed by atoms with Gasteiger partial charge in [-0.1, -0.05) is 49.7 Å². The van der Waals surface area contributed by atoms with Crippen LogP contribution in [0.1, 0.15) is 89.9 Å². The fraction of sp³-hybridized carbons (Fsp3) is 0.472. The number of piperazine rings is 1. The second-order valence-corrected chi connectivity index (χ2v) is 20.1. The van der Waals surface area contributed by atoms with E-state index in [-0.39, 0.29) is 41.7 Å². The van der Waals surface area contributed by atoms with Gasteiger partial charge in [-0.15, -0.1) is 0 Å². The molecular formula is C53H61ClN10O7. The molecule has 4 aromatic rings. The lowest BCUT2D eigenvalue weighted by molar-refractivity contribution is -0.136. The number of anilines is 2. The summed E-state index contributed by atoms with van der Waals surface area (Å²) in [6.07, 6.45) is 6.51. The van der Waals surface area contributed by atoms with Gasteiger partial charge in [0.15, 0.2) is 5.69 Å². The van der Waals surface area contributed by atoms with Crippen molar-refractivity contribution in [2.24, 2.45) is 5.92 Å². The molecule has 5 amide bonds. The molecule has 18 heteroatoms. The minimum atomic E-state index is -1.08. The van der Waals surface area contributed by atoms with Gasteiger partial charge in [-0.25, -0.2) is 14.8 Å². The smallest absolute Gasteiger partial charge is 0.264 e. The molecule has 0 spiro atoms. The lowest BCUT2D eigenvalue weighted by Gasteiger charge is -2.43. The number of ether oxygens (including phenoxy) is 2. The van der Waals surface area contributed by atoms with Crippen LogP contribution in [-0.4, -0.2) is 150 Å². The maximum atomic E-state index is 13.4. The second kappa shape index (κ2) is 22.0. The molecule has 9 rings (SSSR count). The van der Waals surface area contributed by atoms with Gasteiger partial charge in [-0.2, -0.15) is 0 Å². The van der Waals surface area contributed by atoms with Gasteiger partial charge >= 0.3 is 0 Å². The van der Waals surface area contributed by atoms with Crippen LogP contribution in [0.5, 0.6) is 5.75 Å². The van der Waals surface area contributed by atoms with Crippen molar-refractivity contribution in [3.8, 4) is 5.75 Å². The SMILES string of the molecule is [C-]#[N+]c1cc(Cl)cc(C(C)(C)c2ccc(OCc3ccnc(N4CCN(C5CCN(CC6CCN(CCOCC(=O)Nc7cccc8c7C(=O)N(C7CCC(=O)NC7=O)C8=O)CC6)CC5)CC4)n3)cc2)c1. The number of piperidine rings is 3. The highest BCUT2D eigenvalue weighted by atomic mass is 35.5. The summed E-state index contributed by atoms with van der Waals surface area (Å²) in [5, 5.41) is 5.46. The van der Waals surface area contributed by atoms with Gasteiger partial charge in [0.25, 0.3) is 11.8 Å². The van der Waals surface area contributed by atoms with E-state index in [0.717, 1.165) is 105 Å². The largest absolute Gasteiger partial charge is 0.487 e. The molecular weight excluding hydrogens is 924 g/mol. The molecule has 0 saturated carbocycles. The average molecular weight is 986 g/mol. The van der Waals surface area contributed by atoms with E-state index >= 15 is 0 Å². The van der Waals surface area contributed by atoms with Crippen LogP contribution in [0.15, 0.2) is 72.9 Å². The van der Waals surface area contributed by atoms with Crippen LogP contribution in [-0.2, 0) is 31.1 Å². The Balaban J connectivity index is 0.642. The van der Waals surface area contributed by atoms with Gasteiger partial charge in [-0.3, -0.25) is 39.1 Å². The molecule has 5 aliphatic heterocycles. The Morgan fingerprint density at radius 3 is 2.35 bits per heavy atom. The van der Waals surface area contributed by atoms with Gasteiger partial charge in [0.2, 0.25) is 23.7 Å². The van der Waals surface area contributed by atoms with E-state index in [4.69, 9.17) is 32.6 Å². The van der Waals surface area contributed by atoms with E-state index in [1.165, 1.54) is 18.9 Å². The molecule has 4 saturated heterocycles. The third-order valence-corrected chi connectivity index (χ3v) is 15.0. The van der Waals surface area contributed by atoms with Crippen molar-refractivity contribution in [2.75, 3.05) is 88.9 Å². The maximum Gasteiger partial charge on any atom is 0.264 e. The van der Waals surface area contributed by atoms with Gasteiger partial charge in [0, 0.05) is 68.4 Å². The third-order valence-electron chi connectivity index (χ3n) is 14.8. The van der Waals surface area contributed by atoms with Crippen LogP contribution in [0.3, 0.4) is 0 Å². The molecule has 3 aromatic carbocycles. The summed E-state index contributed by atoms with van der Waals surface area (Å²) in [6, 6.07) is 19.6. The molecule has 1 unspecified atom stereocenters. The second-order valence-electron chi connectivity index (χ2n) is 19.7. The normalized spacial score (nSPS) is 19.9. The summed E-state index contributed by atoms with van der Waals surface area (Å²) in [4.78, 5) is 87.4. The van der Waals surface area contributed by atoms with Crippen LogP contribution >= 0.6 is 11.6 Å². The summed E-state index contributed by atoms with van der Waals surface area (Å²) in [6.45, 7) is 22.0. The fourth-order valence-corrected chi connectivity index (χ4v) is 10.8. The standard InChI is InChI=1S/C53H61ClN10O7/c1-53(2,37-29-38(54)31-40(30-37)55-3)36-7-9-42(10-8-36)71-33-39-13-18-56-52(57-39)63-25-23-62(24-26-63)41-16-21-61(22-17-41)32-35-14-19-60(20-15-35)27-28-70-34-47(66)58-44-6-4-5-43-48(44)51(69)64(50(43)68)45-11-12-46(65)59-49(45)67/h4-10,13,18,29-31,35,41,45H,11-12,14-17,19-28,32-34H2,1-2H3,(H,58,66)(H,59,65,67). The summed E-state index contributed by atoms with van der Waals surface area (Å²) in [5.41, 5.74) is 3.41. The highest BCUT2D eigenvalue weighted by Crippen LogP contribution is 2.37. The van der Waals surface area contributed by atoms with Crippen LogP contribution in [0.4, 0.5) is 17.3 Å². The van der Waals surface area contributed by atoms with E-state index in [9.17, 15) is 24.0 Å². The Kier molecular flexibility index (Phi) is 15.4. The Bertz CT molecular complexity index is 2670. The van der Waals surface area contributed by atoms with Crippen LogP contribution in [0.25, 0.3) is 4.85 Å². The number of hydrogen-bond acceptors (Lipinski definition) is 13. The first kappa shape index (κ1) is 49.7. The summed E-state index contributed by atoms with van der Waals surface area (Å²) < 4.78 is 11.9. The summed E-state index contributed by atoms with van der Waals surface area (Å²) in [5.74, 6) is -0.726. The van der Waals surface area contributed by atoms with E-state index < -0.39 is 35.6 Å². The number of rotatable bonds is 16. The van der Waals surface area contributed by atoms with Crippen molar-refractivity contribution in [3.63, 3.8) is 0 Å². The lowest BCUT2D eigenvalue weighted by atomic mass is 9.78. The number of nitrogens with zero attached hydrogens (tertiary/aromatic N) is 8. The van der Waals surface area contributed by atoms with E-state index in [2.05, 4.69) is 66.0 Å². The zero-order valence-electron chi connectivity index (χ0n) is 40.4. The van der Waals surface area contributed by atoms with Gasteiger partial charge < -0.3 is 29.5 Å². The van der Waals surface area contributed by atoms with Gasteiger partial charge in [0.05, 0.1) is 35.7 Å². The number of benzene rings is 3. The molecule has 1 aromatic heterocycles. The molecule has 17 nitrogen and oxygen atoms in total. The van der Waals surface area contributed by atoms with Gasteiger partial charge in [0.1, 0.15) is 25.0 Å². The summed E-state index contributed by atoms with van der Waals surface area (Å²) in [7, 11) is 0. The number of likely N-dealkylation sites (tertiary alicyclic amines) is 2. The lowest BCUT2D eigenvalue weighted by Crippen LogP contribution is -2.54. The Labute approximate surface area is 419 Å². The van der Waals surface area contributed by atoms with Crippen LogP contribution < -0.4 is 20.3 Å². The zero-order valence-corrected chi connectivity index (χ0v) is 41.2. The summed E-state index contributed by atoms with van der Waals surface area (Å²) >= 11 is 6.32. The predicted molar refractivity (Wildman–Crippen MR) is 268 cm³/mol. The van der Waals surface area contributed by atoms with Crippen molar-refractivity contribution in [1.82, 2.24) is 34.9 Å². The van der Waals surface area contributed by atoms with Crippen LogP contribution in [0.2, 0.25) is 5.02 Å². The van der Waals surface area contributed by atoms with Crippen molar-refractivity contribution in [1.29, 1.82) is 0 Å². The molecule has 0 radical (unpaired) electrons.